The predicted octanol–water partition coefficient (Wildman–Crippen LogP) is 3.52. The van der Waals surface area contributed by atoms with Crippen LogP contribution in [0.1, 0.15) is 15.9 Å². The number of halogens is 2. The third-order valence-electron chi connectivity index (χ3n) is 2.48. The van der Waals surface area contributed by atoms with E-state index in [1.807, 2.05) is 24.3 Å². The summed E-state index contributed by atoms with van der Waals surface area (Å²) in [5.41, 5.74) is 1.03. The zero-order chi connectivity index (χ0) is 13.0. The molecule has 0 unspecified atom stereocenters. The van der Waals surface area contributed by atoms with Crippen LogP contribution in [-0.4, -0.2) is 5.91 Å². The van der Waals surface area contributed by atoms with Crippen LogP contribution < -0.4 is 5.32 Å². The van der Waals surface area contributed by atoms with Crippen LogP contribution in [0.3, 0.4) is 0 Å². The summed E-state index contributed by atoms with van der Waals surface area (Å²) in [6.45, 7) is 0.375. The van der Waals surface area contributed by atoms with E-state index in [0.29, 0.717) is 6.54 Å². The second-order valence-electron chi connectivity index (χ2n) is 3.79. The van der Waals surface area contributed by atoms with Gasteiger partial charge in [0.05, 0.1) is 5.56 Å². The molecule has 0 aliphatic carbocycles. The topological polar surface area (TPSA) is 29.1 Å². The molecule has 2 aromatic rings. The lowest BCUT2D eigenvalue weighted by molar-refractivity contribution is 0.0947. The molecular formula is C14H11BrFNO. The highest BCUT2D eigenvalue weighted by Gasteiger charge is 2.09. The van der Waals surface area contributed by atoms with E-state index in [-0.39, 0.29) is 5.56 Å². The number of rotatable bonds is 3. The lowest BCUT2D eigenvalue weighted by Gasteiger charge is -2.06. The molecule has 0 fully saturated rings. The summed E-state index contributed by atoms with van der Waals surface area (Å²) in [5.74, 6) is -0.915. The van der Waals surface area contributed by atoms with E-state index in [1.165, 1.54) is 12.1 Å². The molecule has 0 aromatic heterocycles. The van der Waals surface area contributed by atoms with Gasteiger partial charge < -0.3 is 5.32 Å². The molecule has 0 bridgehead atoms. The van der Waals surface area contributed by atoms with Gasteiger partial charge in [-0.25, -0.2) is 4.39 Å². The zero-order valence-electron chi connectivity index (χ0n) is 9.49. The van der Waals surface area contributed by atoms with Crippen molar-refractivity contribution in [2.45, 2.75) is 6.54 Å². The first-order chi connectivity index (χ1) is 8.66. The van der Waals surface area contributed by atoms with E-state index < -0.39 is 11.7 Å². The van der Waals surface area contributed by atoms with E-state index >= 15 is 0 Å². The Morgan fingerprint density at radius 2 is 1.78 bits per heavy atom. The number of nitrogens with one attached hydrogen (secondary N) is 1. The van der Waals surface area contributed by atoms with Gasteiger partial charge in [0.15, 0.2) is 0 Å². The average molecular weight is 308 g/mol. The molecule has 0 heterocycles. The monoisotopic (exact) mass is 307 g/mol. The quantitative estimate of drug-likeness (QED) is 0.923. The summed E-state index contributed by atoms with van der Waals surface area (Å²) in [6, 6.07) is 13.5. The molecular weight excluding hydrogens is 297 g/mol. The molecule has 0 atom stereocenters. The Hall–Kier alpha value is -1.68. The Kier molecular flexibility index (Phi) is 4.10. The number of amides is 1. The molecule has 1 amide bonds. The van der Waals surface area contributed by atoms with Crippen LogP contribution in [0.15, 0.2) is 53.0 Å². The Labute approximate surface area is 113 Å². The van der Waals surface area contributed by atoms with Crippen LogP contribution in [0.2, 0.25) is 0 Å². The second kappa shape index (κ2) is 5.78. The SMILES string of the molecule is O=C(NCc1ccc(Br)cc1)c1ccccc1F. The summed E-state index contributed by atoms with van der Waals surface area (Å²) in [6.07, 6.45) is 0. The van der Waals surface area contributed by atoms with Crippen molar-refractivity contribution in [1.82, 2.24) is 5.32 Å². The fourth-order valence-corrected chi connectivity index (χ4v) is 1.79. The average Bonchev–Trinajstić information content (AvgIpc) is 2.38. The van der Waals surface area contributed by atoms with Crippen molar-refractivity contribution in [3.63, 3.8) is 0 Å². The minimum atomic E-state index is -0.509. The van der Waals surface area contributed by atoms with Crippen molar-refractivity contribution in [1.29, 1.82) is 0 Å². The van der Waals surface area contributed by atoms with Gasteiger partial charge in [-0.15, -0.1) is 0 Å². The fraction of sp³-hybridized carbons (Fsp3) is 0.0714. The molecule has 0 spiro atoms. The van der Waals surface area contributed by atoms with Crippen molar-refractivity contribution in [2.75, 3.05) is 0 Å². The number of hydrogen-bond acceptors (Lipinski definition) is 1. The molecule has 92 valence electrons. The molecule has 2 aromatic carbocycles. The molecule has 0 aliphatic heterocycles. The molecule has 0 aliphatic rings. The molecule has 0 saturated carbocycles. The number of hydrogen-bond donors (Lipinski definition) is 1. The maximum atomic E-state index is 13.4. The van der Waals surface area contributed by atoms with Gasteiger partial charge in [0.25, 0.3) is 5.91 Å². The summed E-state index contributed by atoms with van der Waals surface area (Å²) >= 11 is 3.33. The maximum absolute atomic E-state index is 13.4. The van der Waals surface area contributed by atoms with Crippen LogP contribution >= 0.6 is 15.9 Å². The normalized spacial score (nSPS) is 10.1. The summed E-state index contributed by atoms with van der Waals surface area (Å²) in [4.78, 5) is 11.7. The lowest BCUT2D eigenvalue weighted by atomic mass is 10.2. The molecule has 0 saturated heterocycles. The Morgan fingerprint density at radius 3 is 2.44 bits per heavy atom. The maximum Gasteiger partial charge on any atom is 0.254 e. The van der Waals surface area contributed by atoms with E-state index in [4.69, 9.17) is 0 Å². The Morgan fingerprint density at radius 1 is 1.11 bits per heavy atom. The molecule has 4 heteroatoms. The van der Waals surface area contributed by atoms with E-state index in [2.05, 4.69) is 21.2 Å². The molecule has 2 rings (SSSR count). The Bertz CT molecular complexity index is 554. The van der Waals surface area contributed by atoms with Crippen molar-refractivity contribution >= 4 is 21.8 Å². The van der Waals surface area contributed by atoms with E-state index in [1.54, 1.807) is 12.1 Å². The zero-order valence-corrected chi connectivity index (χ0v) is 11.1. The largest absolute Gasteiger partial charge is 0.348 e. The first-order valence-electron chi connectivity index (χ1n) is 5.44. The standard InChI is InChI=1S/C14H11BrFNO/c15-11-7-5-10(6-8-11)9-17-14(18)12-3-1-2-4-13(12)16/h1-8H,9H2,(H,17,18). The van der Waals surface area contributed by atoms with E-state index in [0.717, 1.165) is 10.0 Å². The predicted molar refractivity (Wildman–Crippen MR) is 71.7 cm³/mol. The van der Waals surface area contributed by atoms with Crippen molar-refractivity contribution in [3.05, 3.63) is 69.9 Å². The fourth-order valence-electron chi connectivity index (χ4n) is 1.53. The van der Waals surface area contributed by atoms with Crippen LogP contribution in [0, 0.1) is 5.82 Å². The van der Waals surface area contributed by atoms with Gasteiger partial charge >= 0.3 is 0 Å². The number of carbonyl (C=O) groups excluding carboxylic acids is 1. The molecule has 1 N–H and O–H groups in total. The van der Waals surface area contributed by atoms with Crippen LogP contribution in [-0.2, 0) is 6.54 Å². The van der Waals surface area contributed by atoms with Crippen molar-refractivity contribution < 1.29 is 9.18 Å². The third kappa shape index (κ3) is 3.17. The van der Waals surface area contributed by atoms with E-state index in [9.17, 15) is 9.18 Å². The van der Waals surface area contributed by atoms with Gasteiger partial charge in [0.2, 0.25) is 0 Å². The summed E-state index contributed by atoms with van der Waals surface area (Å²) < 4.78 is 14.3. The van der Waals surface area contributed by atoms with Gasteiger partial charge in [0, 0.05) is 11.0 Å². The minimum Gasteiger partial charge on any atom is -0.348 e. The van der Waals surface area contributed by atoms with Gasteiger partial charge in [0.1, 0.15) is 5.82 Å². The number of carbonyl (C=O) groups is 1. The van der Waals surface area contributed by atoms with Crippen LogP contribution in [0.5, 0.6) is 0 Å². The smallest absolute Gasteiger partial charge is 0.254 e. The minimum absolute atomic E-state index is 0.0645. The van der Waals surface area contributed by atoms with Crippen LogP contribution in [0.4, 0.5) is 4.39 Å². The molecule has 2 nitrogen and oxygen atoms in total. The number of benzene rings is 2. The molecule has 18 heavy (non-hydrogen) atoms. The highest BCUT2D eigenvalue weighted by Crippen LogP contribution is 2.11. The Balaban J connectivity index is 2.01. The van der Waals surface area contributed by atoms with Gasteiger partial charge in [-0.05, 0) is 29.8 Å². The third-order valence-corrected chi connectivity index (χ3v) is 3.01. The lowest BCUT2D eigenvalue weighted by Crippen LogP contribution is -2.23. The second-order valence-corrected chi connectivity index (χ2v) is 4.70. The van der Waals surface area contributed by atoms with Gasteiger partial charge in [-0.3, -0.25) is 4.79 Å². The van der Waals surface area contributed by atoms with Crippen molar-refractivity contribution in [2.24, 2.45) is 0 Å². The van der Waals surface area contributed by atoms with Gasteiger partial charge in [-0.2, -0.15) is 0 Å². The first kappa shape index (κ1) is 12.8. The highest BCUT2D eigenvalue weighted by atomic mass is 79.9. The van der Waals surface area contributed by atoms with Crippen LogP contribution in [0.25, 0.3) is 0 Å². The van der Waals surface area contributed by atoms with Gasteiger partial charge in [-0.1, -0.05) is 40.2 Å². The first-order valence-corrected chi connectivity index (χ1v) is 6.23. The van der Waals surface area contributed by atoms with Crippen molar-refractivity contribution in [3.8, 4) is 0 Å². The summed E-state index contributed by atoms with van der Waals surface area (Å²) in [7, 11) is 0. The highest BCUT2D eigenvalue weighted by molar-refractivity contribution is 9.10. The molecule has 0 radical (unpaired) electrons. The summed E-state index contributed by atoms with van der Waals surface area (Å²) in [5, 5.41) is 2.68.